The first-order chi connectivity index (χ1) is 11.6. The summed E-state index contributed by atoms with van der Waals surface area (Å²) in [4.78, 5) is 18.2. The molecular weight excluding hydrogens is 325 g/mol. The van der Waals surface area contributed by atoms with E-state index in [4.69, 9.17) is 0 Å². The molecule has 1 atom stereocenters. The summed E-state index contributed by atoms with van der Waals surface area (Å²) in [5, 5.41) is 0. The van der Waals surface area contributed by atoms with Crippen LogP contribution in [0.15, 0.2) is 11.8 Å². The maximum atomic E-state index is 14.4. The number of anilines is 1. The Hall–Kier alpha value is -1.60. The second kappa shape index (κ2) is 7.53. The van der Waals surface area contributed by atoms with Crippen molar-refractivity contribution < 1.29 is 4.39 Å². The topological polar surface area (TPSA) is 45.2 Å². The first-order valence-corrected chi connectivity index (χ1v) is 9.28. The first kappa shape index (κ1) is 17.2. The van der Waals surface area contributed by atoms with Crippen LogP contribution in [-0.2, 0) is 13.0 Å². The van der Waals surface area contributed by atoms with E-state index in [9.17, 15) is 4.39 Å². The van der Waals surface area contributed by atoms with Crippen LogP contribution in [0, 0.1) is 18.7 Å². The van der Waals surface area contributed by atoms with Crippen molar-refractivity contribution in [2.24, 2.45) is 5.92 Å². The lowest BCUT2D eigenvalue weighted by atomic mass is 10.1. The lowest BCUT2D eigenvalue weighted by Gasteiger charge is -2.22. The molecule has 0 spiro atoms. The van der Waals surface area contributed by atoms with Crippen molar-refractivity contribution in [3.8, 4) is 0 Å². The van der Waals surface area contributed by atoms with Gasteiger partial charge in [-0.25, -0.2) is 19.3 Å². The fraction of sp³-hybridized carbons (Fsp3) is 0.588. The van der Waals surface area contributed by atoms with Gasteiger partial charge in [-0.3, -0.25) is 0 Å². The molecule has 24 heavy (non-hydrogen) atoms. The Labute approximate surface area is 146 Å². The molecule has 2 aromatic rings. The van der Waals surface area contributed by atoms with Crippen LogP contribution in [0.1, 0.15) is 29.6 Å². The van der Waals surface area contributed by atoms with Crippen molar-refractivity contribution in [2.75, 3.05) is 31.6 Å². The van der Waals surface area contributed by atoms with Crippen molar-refractivity contribution in [1.82, 2.24) is 19.9 Å². The number of rotatable bonds is 6. The third-order valence-corrected chi connectivity index (χ3v) is 5.51. The largest absolute Gasteiger partial charge is 0.354 e. The number of aromatic nitrogens is 3. The molecule has 0 aromatic carbocycles. The van der Waals surface area contributed by atoms with Gasteiger partial charge in [0.1, 0.15) is 6.33 Å². The van der Waals surface area contributed by atoms with Crippen LogP contribution in [0.25, 0.3) is 0 Å². The van der Waals surface area contributed by atoms with Crippen LogP contribution in [0.3, 0.4) is 0 Å². The van der Waals surface area contributed by atoms with Gasteiger partial charge in [0.15, 0.2) is 11.6 Å². The third-order valence-electron chi connectivity index (χ3n) is 4.59. The highest BCUT2D eigenvalue weighted by Crippen LogP contribution is 2.26. The van der Waals surface area contributed by atoms with Crippen LogP contribution in [0.5, 0.6) is 0 Å². The van der Waals surface area contributed by atoms with Gasteiger partial charge >= 0.3 is 0 Å². The minimum Gasteiger partial charge on any atom is -0.354 e. The molecule has 7 heteroatoms. The highest BCUT2D eigenvalue weighted by molar-refractivity contribution is 7.09. The Kier molecular flexibility index (Phi) is 5.40. The van der Waals surface area contributed by atoms with E-state index in [1.54, 1.807) is 11.3 Å². The second-order valence-corrected chi connectivity index (χ2v) is 7.41. The van der Waals surface area contributed by atoms with Gasteiger partial charge in [0.2, 0.25) is 0 Å². The minimum absolute atomic E-state index is 0.255. The third kappa shape index (κ3) is 3.72. The van der Waals surface area contributed by atoms with E-state index in [0.29, 0.717) is 23.9 Å². The molecular formula is C17H24FN5S. The van der Waals surface area contributed by atoms with Crippen molar-refractivity contribution in [1.29, 1.82) is 0 Å². The van der Waals surface area contributed by atoms with E-state index in [0.717, 1.165) is 38.3 Å². The van der Waals surface area contributed by atoms with E-state index in [2.05, 4.69) is 38.7 Å². The smallest absolute Gasteiger partial charge is 0.187 e. The Morgan fingerprint density at radius 1 is 1.38 bits per heavy atom. The van der Waals surface area contributed by atoms with E-state index in [1.807, 2.05) is 12.4 Å². The van der Waals surface area contributed by atoms with Gasteiger partial charge in [0.25, 0.3) is 0 Å². The summed E-state index contributed by atoms with van der Waals surface area (Å²) in [5.74, 6) is 0.738. The van der Waals surface area contributed by atoms with Crippen molar-refractivity contribution in [3.05, 3.63) is 33.9 Å². The molecule has 1 unspecified atom stereocenters. The molecule has 0 saturated carbocycles. The van der Waals surface area contributed by atoms with Crippen LogP contribution < -0.4 is 4.90 Å². The van der Waals surface area contributed by atoms with Crippen LogP contribution in [-0.4, -0.2) is 46.5 Å². The molecule has 5 nitrogen and oxygen atoms in total. The number of hydrogen-bond acceptors (Lipinski definition) is 6. The molecule has 1 saturated heterocycles. The molecule has 0 amide bonds. The summed E-state index contributed by atoms with van der Waals surface area (Å²) in [6.45, 7) is 7.60. The van der Waals surface area contributed by atoms with Crippen molar-refractivity contribution in [2.45, 2.75) is 33.2 Å². The standard InChI is InChI=1S/C17H24FN5S/c1-4-14-16(18)17(20-10-19-14)23-6-5-13(8-23)7-22(3)9-15-12(2)21-11-24-15/h10-11,13H,4-9H2,1-3H3. The lowest BCUT2D eigenvalue weighted by molar-refractivity contribution is 0.281. The summed E-state index contributed by atoms with van der Waals surface area (Å²) in [5.41, 5.74) is 3.52. The molecule has 2 aromatic heterocycles. The Balaban J connectivity index is 1.58. The molecule has 0 N–H and O–H groups in total. The number of hydrogen-bond donors (Lipinski definition) is 0. The van der Waals surface area contributed by atoms with Gasteiger partial charge in [0, 0.05) is 31.1 Å². The van der Waals surface area contributed by atoms with E-state index >= 15 is 0 Å². The molecule has 0 radical (unpaired) electrons. The monoisotopic (exact) mass is 349 g/mol. The molecule has 1 fully saturated rings. The SMILES string of the molecule is CCc1ncnc(N2CCC(CN(C)Cc3scnc3C)C2)c1F. The normalized spacial score (nSPS) is 17.9. The molecule has 3 rings (SSSR count). The van der Waals surface area contributed by atoms with E-state index in [-0.39, 0.29) is 5.82 Å². The Morgan fingerprint density at radius 2 is 2.21 bits per heavy atom. The minimum atomic E-state index is -0.255. The van der Waals surface area contributed by atoms with Gasteiger partial charge in [0.05, 0.1) is 16.9 Å². The quantitative estimate of drug-likeness (QED) is 0.802. The second-order valence-electron chi connectivity index (χ2n) is 6.47. The molecule has 3 heterocycles. The summed E-state index contributed by atoms with van der Waals surface area (Å²) in [6.07, 6.45) is 3.13. The van der Waals surface area contributed by atoms with E-state index < -0.39 is 0 Å². The zero-order valence-electron chi connectivity index (χ0n) is 14.5. The average Bonchev–Trinajstić information content (AvgIpc) is 3.17. The highest BCUT2D eigenvalue weighted by atomic mass is 32.1. The summed E-state index contributed by atoms with van der Waals surface area (Å²) in [6, 6.07) is 0. The van der Waals surface area contributed by atoms with Crippen LogP contribution in [0.4, 0.5) is 10.2 Å². The maximum Gasteiger partial charge on any atom is 0.187 e. The predicted molar refractivity (Wildman–Crippen MR) is 94.9 cm³/mol. The number of nitrogens with zero attached hydrogens (tertiary/aromatic N) is 5. The fourth-order valence-electron chi connectivity index (χ4n) is 3.27. The molecule has 130 valence electrons. The first-order valence-electron chi connectivity index (χ1n) is 8.40. The van der Waals surface area contributed by atoms with Crippen LogP contribution in [0.2, 0.25) is 0 Å². The fourth-order valence-corrected chi connectivity index (χ4v) is 4.12. The Bertz CT molecular complexity index is 689. The highest BCUT2D eigenvalue weighted by Gasteiger charge is 2.27. The van der Waals surface area contributed by atoms with Crippen LogP contribution >= 0.6 is 11.3 Å². The van der Waals surface area contributed by atoms with E-state index in [1.165, 1.54) is 11.2 Å². The van der Waals surface area contributed by atoms with Gasteiger partial charge in [-0.05, 0) is 32.7 Å². The number of thiazole rings is 1. The van der Waals surface area contributed by atoms with Gasteiger partial charge in [-0.1, -0.05) is 6.92 Å². The van der Waals surface area contributed by atoms with Gasteiger partial charge < -0.3 is 9.80 Å². The Morgan fingerprint density at radius 3 is 2.92 bits per heavy atom. The lowest BCUT2D eigenvalue weighted by Crippen LogP contribution is -2.28. The van der Waals surface area contributed by atoms with Crippen molar-refractivity contribution >= 4 is 17.2 Å². The summed E-state index contributed by atoms with van der Waals surface area (Å²) in [7, 11) is 2.14. The maximum absolute atomic E-state index is 14.4. The molecule has 0 bridgehead atoms. The predicted octanol–water partition coefficient (Wildman–Crippen LogP) is 2.90. The molecule has 1 aliphatic heterocycles. The number of aryl methyl sites for hydroxylation is 2. The van der Waals surface area contributed by atoms with Gasteiger partial charge in [-0.2, -0.15) is 0 Å². The number of halogens is 1. The molecule has 0 aliphatic carbocycles. The average molecular weight is 349 g/mol. The summed E-state index contributed by atoms with van der Waals surface area (Å²) < 4.78 is 14.4. The van der Waals surface area contributed by atoms with Gasteiger partial charge in [-0.15, -0.1) is 11.3 Å². The molecule has 1 aliphatic rings. The van der Waals surface area contributed by atoms with Crippen molar-refractivity contribution in [3.63, 3.8) is 0 Å². The zero-order valence-corrected chi connectivity index (χ0v) is 15.3. The summed E-state index contributed by atoms with van der Waals surface area (Å²) >= 11 is 1.71. The zero-order chi connectivity index (χ0) is 17.1.